The summed E-state index contributed by atoms with van der Waals surface area (Å²) in [4.78, 5) is 11.2. The van der Waals surface area contributed by atoms with Crippen molar-refractivity contribution in [2.75, 3.05) is 0 Å². The Hall–Kier alpha value is -1.00. The van der Waals surface area contributed by atoms with Crippen molar-refractivity contribution < 1.29 is 13.6 Å². The van der Waals surface area contributed by atoms with Crippen LogP contribution in [0.1, 0.15) is 29.3 Å². The zero-order valence-electron chi connectivity index (χ0n) is 7.90. The molecule has 1 atom stereocenters. The molecule has 0 radical (unpaired) electrons. The molecule has 1 aromatic rings. The number of aryl methyl sites for hydroxylation is 1. The zero-order valence-corrected chi connectivity index (χ0v) is 8.71. The third-order valence-corrected chi connectivity index (χ3v) is 2.41. The zero-order chi connectivity index (χ0) is 10.6. The molecule has 0 aliphatic heterocycles. The first-order valence-electron chi connectivity index (χ1n) is 4.39. The van der Waals surface area contributed by atoms with E-state index in [0.717, 1.165) is 18.4 Å². The number of rotatable bonds is 3. The van der Waals surface area contributed by atoms with Gasteiger partial charge in [0, 0.05) is 5.56 Å². The summed E-state index contributed by atoms with van der Waals surface area (Å²) in [6.45, 7) is 2.04. The van der Waals surface area contributed by atoms with Gasteiger partial charge in [-0.15, -0.1) is 0 Å². The summed E-state index contributed by atoms with van der Waals surface area (Å²) in [6, 6.07) is 6.85. The minimum atomic E-state index is -2.41. The molecule has 0 heterocycles. The molecule has 76 valence electrons. The average molecular weight is 212 g/mol. The lowest BCUT2D eigenvalue weighted by molar-refractivity contribution is 0.107. The van der Waals surface area contributed by atoms with Gasteiger partial charge in [0.15, 0.2) is 0 Å². The van der Waals surface area contributed by atoms with Crippen LogP contribution in [0.5, 0.6) is 0 Å². The van der Waals surface area contributed by atoms with Crippen molar-refractivity contribution in [2.24, 2.45) is 0 Å². The van der Waals surface area contributed by atoms with E-state index in [1.54, 1.807) is 18.2 Å². The van der Waals surface area contributed by atoms with Crippen LogP contribution < -0.4 is 0 Å². The van der Waals surface area contributed by atoms with Gasteiger partial charge in [-0.1, -0.05) is 31.5 Å². The Bertz CT molecular complexity index is 360. The van der Waals surface area contributed by atoms with E-state index in [1.807, 2.05) is 13.0 Å². The molecular weight excluding hydrogens is 200 g/mol. The van der Waals surface area contributed by atoms with Crippen LogP contribution in [0.25, 0.3) is 0 Å². The van der Waals surface area contributed by atoms with Crippen LogP contribution in [0, 0.1) is 0 Å². The summed E-state index contributed by atoms with van der Waals surface area (Å²) in [7, 11) is 0. The van der Waals surface area contributed by atoms with Gasteiger partial charge in [-0.05, 0) is 18.1 Å². The van der Waals surface area contributed by atoms with Crippen molar-refractivity contribution in [3.05, 3.63) is 35.4 Å². The molecule has 0 fully saturated rings. The Morgan fingerprint density at radius 2 is 2.21 bits per heavy atom. The monoisotopic (exact) mass is 212 g/mol. The third kappa shape index (κ3) is 2.75. The van der Waals surface area contributed by atoms with Crippen LogP contribution in [-0.2, 0) is 17.5 Å². The van der Waals surface area contributed by atoms with Crippen molar-refractivity contribution in [2.45, 2.75) is 19.8 Å². The van der Waals surface area contributed by atoms with Crippen LogP contribution in [0.15, 0.2) is 24.3 Å². The quantitative estimate of drug-likeness (QED) is 0.780. The van der Waals surface area contributed by atoms with Gasteiger partial charge in [-0.3, -0.25) is 9.35 Å². The lowest BCUT2D eigenvalue weighted by Gasteiger charge is -2.00. The van der Waals surface area contributed by atoms with E-state index >= 15 is 0 Å². The number of benzene rings is 1. The topological polar surface area (TPSA) is 54.4 Å². The SMILES string of the molecule is CCCc1cccc(C(=O)S(=O)O)c1. The maximum atomic E-state index is 11.2. The first kappa shape index (κ1) is 11.1. The molecule has 0 saturated heterocycles. The van der Waals surface area contributed by atoms with E-state index in [9.17, 15) is 9.00 Å². The van der Waals surface area contributed by atoms with E-state index in [-0.39, 0.29) is 0 Å². The van der Waals surface area contributed by atoms with Gasteiger partial charge in [0.05, 0.1) is 0 Å². The van der Waals surface area contributed by atoms with Crippen molar-refractivity contribution in [1.29, 1.82) is 0 Å². The van der Waals surface area contributed by atoms with Gasteiger partial charge in [-0.2, -0.15) is 0 Å². The summed E-state index contributed by atoms with van der Waals surface area (Å²) >= 11 is -2.41. The molecule has 0 aliphatic carbocycles. The van der Waals surface area contributed by atoms with Crippen LogP contribution in [-0.4, -0.2) is 13.9 Å². The highest BCUT2D eigenvalue weighted by molar-refractivity contribution is 7.95. The third-order valence-electron chi connectivity index (χ3n) is 1.86. The minimum Gasteiger partial charge on any atom is -0.300 e. The lowest BCUT2D eigenvalue weighted by Crippen LogP contribution is -2.06. The highest BCUT2D eigenvalue weighted by Gasteiger charge is 2.11. The number of carbonyl (C=O) groups is 1. The maximum Gasteiger partial charge on any atom is 0.276 e. The molecule has 0 saturated carbocycles. The Morgan fingerprint density at radius 3 is 2.79 bits per heavy atom. The molecule has 0 aliphatic rings. The molecule has 14 heavy (non-hydrogen) atoms. The summed E-state index contributed by atoms with van der Waals surface area (Å²) < 4.78 is 19.1. The van der Waals surface area contributed by atoms with Crippen LogP contribution in [0.4, 0.5) is 0 Å². The molecule has 0 aromatic heterocycles. The second-order valence-electron chi connectivity index (χ2n) is 2.99. The molecule has 0 bridgehead atoms. The standard InChI is InChI=1S/C10H12O3S/c1-2-4-8-5-3-6-9(7-8)10(11)14(12)13/h3,5-7H,2,4H2,1H3,(H,12,13). The first-order chi connectivity index (χ1) is 6.65. The largest absolute Gasteiger partial charge is 0.300 e. The average Bonchev–Trinajstić information content (AvgIpc) is 2.17. The fraction of sp³-hybridized carbons (Fsp3) is 0.300. The lowest BCUT2D eigenvalue weighted by atomic mass is 10.1. The summed E-state index contributed by atoms with van der Waals surface area (Å²) in [5.41, 5.74) is 1.32. The van der Waals surface area contributed by atoms with Gasteiger partial charge in [-0.25, -0.2) is 4.21 Å². The summed E-state index contributed by atoms with van der Waals surface area (Å²) in [5, 5.41) is -0.733. The summed E-state index contributed by atoms with van der Waals surface area (Å²) in [6.07, 6.45) is 1.86. The van der Waals surface area contributed by atoms with E-state index in [0.29, 0.717) is 5.56 Å². The molecule has 0 amide bonds. The fourth-order valence-corrected chi connectivity index (χ4v) is 1.57. The second-order valence-corrected chi connectivity index (χ2v) is 3.86. The van der Waals surface area contributed by atoms with Crippen LogP contribution in [0.2, 0.25) is 0 Å². The first-order valence-corrected chi connectivity index (χ1v) is 5.50. The van der Waals surface area contributed by atoms with Crippen LogP contribution >= 0.6 is 0 Å². The highest BCUT2D eigenvalue weighted by atomic mass is 32.2. The molecule has 1 rings (SSSR count). The van der Waals surface area contributed by atoms with Gasteiger partial charge >= 0.3 is 0 Å². The van der Waals surface area contributed by atoms with Gasteiger partial charge in [0.1, 0.15) is 0 Å². The van der Waals surface area contributed by atoms with Crippen molar-refractivity contribution in [3.63, 3.8) is 0 Å². The highest BCUT2D eigenvalue weighted by Crippen LogP contribution is 2.09. The van der Waals surface area contributed by atoms with E-state index in [1.165, 1.54) is 0 Å². The van der Waals surface area contributed by atoms with E-state index < -0.39 is 16.2 Å². The number of hydrogen-bond acceptors (Lipinski definition) is 2. The Labute approximate surface area is 85.4 Å². The fourth-order valence-electron chi connectivity index (χ4n) is 1.24. The maximum absolute atomic E-state index is 11.2. The Morgan fingerprint density at radius 1 is 1.50 bits per heavy atom. The smallest absolute Gasteiger partial charge is 0.276 e. The predicted octanol–water partition coefficient (Wildman–Crippen LogP) is 2.00. The van der Waals surface area contributed by atoms with E-state index in [2.05, 4.69) is 0 Å². The van der Waals surface area contributed by atoms with Crippen molar-refractivity contribution in [1.82, 2.24) is 0 Å². The predicted molar refractivity (Wildman–Crippen MR) is 55.5 cm³/mol. The number of carbonyl (C=O) groups excluding carboxylic acids is 1. The number of hydrogen-bond donors (Lipinski definition) is 1. The summed E-state index contributed by atoms with van der Waals surface area (Å²) in [5.74, 6) is 0. The van der Waals surface area contributed by atoms with E-state index in [4.69, 9.17) is 4.55 Å². The Balaban J connectivity index is 2.93. The van der Waals surface area contributed by atoms with Crippen LogP contribution in [0.3, 0.4) is 0 Å². The van der Waals surface area contributed by atoms with Gasteiger partial charge < -0.3 is 0 Å². The molecule has 0 spiro atoms. The molecular formula is C10H12O3S. The Kier molecular flexibility index (Phi) is 3.98. The molecule has 4 heteroatoms. The molecule has 1 N–H and O–H groups in total. The normalized spacial score (nSPS) is 12.4. The van der Waals surface area contributed by atoms with Crippen molar-refractivity contribution >= 4 is 16.2 Å². The molecule has 1 unspecified atom stereocenters. The van der Waals surface area contributed by atoms with Gasteiger partial charge in [0.2, 0.25) is 11.1 Å². The molecule has 1 aromatic carbocycles. The van der Waals surface area contributed by atoms with Gasteiger partial charge in [0.25, 0.3) is 5.12 Å². The second kappa shape index (κ2) is 5.02. The molecule has 3 nitrogen and oxygen atoms in total. The van der Waals surface area contributed by atoms with Crippen molar-refractivity contribution in [3.8, 4) is 0 Å². The minimum absolute atomic E-state index is 0.303.